The summed E-state index contributed by atoms with van der Waals surface area (Å²) in [5.41, 5.74) is 0.488. The highest BCUT2D eigenvalue weighted by molar-refractivity contribution is 6.45. The molecule has 17 heteroatoms. The first-order valence-electron chi connectivity index (χ1n) is 10.1. The Balaban J connectivity index is 2.03. The van der Waals surface area contributed by atoms with Crippen LogP contribution in [0, 0.1) is 20.8 Å². The lowest BCUT2D eigenvalue weighted by molar-refractivity contribution is -0.996. The van der Waals surface area contributed by atoms with Crippen molar-refractivity contribution in [3.63, 3.8) is 0 Å². The van der Waals surface area contributed by atoms with E-state index >= 15 is 0 Å². The van der Waals surface area contributed by atoms with Gasteiger partial charge >= 0.3 is 0 Å². The van der Waals surface area contributed by atoms with E-state index in [9.17, 15) is 36.0 Å². The fraction of sp³-hybridized carbons (Fsp3) is 0. The standard InChI is InChI=1S/C20H20N8O9/c29-19(12-4-2-1-3-5-12)20(23-21-15-8-6-13(25(30)31)10-17(15)27(34)35)24-22-16-9-7-14(26(32)33)11-18(16)28(36)37/h1-11,21,25-28,30,32,34,36H. The zero-order valence-electron chi connectivity index (χ0n) is 18.5. The molecule has 0 aromatic heterocycles. The van der Waals surface area contributed by atoms with Crippen LogP contribution in [0.15, 0.2) is 82.1 Å². The molecule has 0 aliphatic rings. The largest absolute Gasteiger partial charge is 0.595 e. The van der Waals surface area contributed by atoms with E-state index in [1.807, 2.05) is 0 Å². The molecule has 0 bridgehead atoms. The van der Waals surface area contributed by atoms with Crippen molar-refractivity contribution >= 4 is 45.7 Å². The van der Waals surface area contributed by atoms with Crippen molar-refractivity contribution in [2.24, 2.45) is 15.3 Å². The SMILES string of the molecule is O=C(C(N=Nc1ccc([NH+]([O-])O)cc1[NH+]([O-])O)=NNc1ccc([NH+]([O-])O)cc1[NH+]([O-])O)c1ccccc1. The van der Waals surface area contributed by atoms with E-state index in [-0.39, 0.29) is 28.3 Å². The van der Waals surface area contributed by atoms with E-state index in [1.54, 1.807) is 18.2 Å². The normalized spacial score (nSPS) is 15.3. The van der Waals surface area contributed by atoms with Gasteiger partial charge in [-0.2, -0.15) is 20.9 Å². The summed E-state index contributed by atoms with van der Waals surface area (Å²) in [7, 11) is 0. The molecule has 37 heavy (non-hydrogen) atoms. The lowest BCUT2D eigenvalue weighted by Gasteiger charge is -2.18. The fourth-order valence-corrected chi connectivity index (χ4v) is 2.93. The molecule has 0 aliphatic carbocycles. The number of hydrogen-bond donors (Lipinski definition) is 9. The van der Waals surface area contributed by atoms with Gasteiger partial charge in [-0.15, -0.1) is 15.3 Å². The average Bonchev–Trinajstić information content (AvgIpc) is 2.88. The predicted octanol–water partition coefficient (Wildman–Crippen LogP) is -1.31. The number of carbonyl (C=O) groups excluding carboxylic acids is 1. The maximum atomic E-state index is 13.0. The van der Waals surface area contributed by atoms with Crippen LogP contribution in [-0.2, 0) is 0 Å². The molecule has 0 heterocycles. The number of hydrazone groups is 1. The molecule has 4 atom stereocenters. The van der Waals surface area contributed by atoms with E-state index < -0.39 is 43.9 Å². The lowest BCUT2D eigenvalue weighted by Crippen LogP contribution is -3.00. The highest BCUT2D eigenvalue weighted by atomic mass is 16.8. The molecule has 0 spiro atoms. The number of hydrogen-bond acceptors (Lipinski definition) is 12. The van der Waals surface area contributed by atoms with Crippen molar-refractivity contribution in [3.8, 4) is 0 Å². The second-order valence-corrected chi connectivity index (χ2v) is 7.16. The van der Waals surface area contributed by atoms with Crippen LogP contribution in [0.2, 0.25) is 0 Å². The van der Waals surface area contributed by atoms with Crippen LogP contribution in [0.25, 0.3) is 0 Å². The van der Waals surface area contributed by atoms with Gasteiger partial charge in [-0.05, 0) is 12.1 Å². The van der Waals surface area contributed by atoms with Crippen LogP contribution in [0.3, 0.4) is 0 Å². The third-order valence-electron chi connectivity index (χ3n) is 4.74. The van der Waals surface area contributed by atoms with Gasteiger partial charge in [-0.1, -0.05) is 30.3 Å². The van der Waals surface area contributed by atoms with Crippen LogP contribution in [0.1, 0.15) is 10.4 Å². The number of ketones is 1. The van der Waals surface area contributed by atoms with Crippen molar-refractivity contribution in [1.29, 1.82) is 0 Å². The maximum absolute atomic E-state index is 13.0. The topological polar surface area (TPSA) is 257 Å². The Morgan fingerprint density at radius 2 is 1.30 bits per heavy atom. The molecule has 0 radical (unpaired) electrons. The zero-order chi connectivity index (χ0) is 27.1. The van der Waals surface area contributed by atoms with Crippen LogP contribution >= 0.6 is 0 Å². The quantitative estimate of drug-likeness (QED) is 0.0533. The van der Waals surface area contributed by atoms with Crippen LogP contribution < -0.4 is 26.3 Å². The Morgan fingerprint density at radius 3 is 1.86 bits per heavy atom. The molecule has 3 rings (SSSR count). The molecule has 3 aromatic carbocycles. The number of azo groups is 1. The highest BCUT2D eigenvalue weighted by Gasteiger charge is 2.19. The van der Waals surface area contributed by atoms with E-state index in [4.69, 9.17) is 10.4 Å². The van der Waals surface area contributed by atoms with Gasteiger partial charge in [0.05, 0.1) is 12.1 Å². The van der Waals surface area contributed by atoms with E-state index in [0.29, 0.717) is 0 Å². The summed E-state index contributed by atoms with van der Waals surface area (Å²) < 4.78 is 0. The third kappa shape index (κ3) is 6.99. The van der Waals surface area contributed by atoms with Gasteiger partial charge in [0, 0.05) is 17.7 Å². The number of anilines is 1. The van der Waals surface area contributed by atoms with Gasteiger partial charge in [0.2, 0.25) is 11.6 Å². The van der Waals surface area contributed by atoms with Gasteiger partial charge in [-0.3, -0.25) is 10.2 Å². The number of carbonyl (C=O) groups is 1. The van der Waals surface area contributed by atoms with Gasteiger partial charge in [0.1, 0.15) is 5.69 Å². The van der Waals surface area contributed by atoms with Crippen molar-refractivity contribution < 1.29 is 46.5 Å². The maximum Gasteiger partial charge on any atom is 0.241 e. The summed E-state index contributed by atoms with van der Waals surface area (Å²) >= 11 is 0. The number of Topliss-reactive ketones (excluding diaryl/α,β-unsaturated/α-hetero) is 1. The molecule has 0 saturated heterocycles. The molecule has 194 valence electrons. The molecule has 9 N–H and O–H groups in total. The van der Waals surface area contributed by atoms with Crippen molar-refractivity contribution in [1.82, 2.24) is 0 Å². The Labute approximate surface area is 206 Å². The summed E-state index contributed by atoms with van der Waals surface area (Å²) in [6.07, 6.45) is 0. The number of nitrogens with zero attached hydrogens (tertiary/aromatic N) is 3. The van der Waals surface area contributed by atoms with E-state index in [0.717, 1.165) is 36.4 Å². The minimum absolute atomic E-state index is 0.126. The summed E-state index contributed by atoms with van der Waals surface area (Å²) in [5, 5.41) is 88.2. The van der Waals surface area contributed by atoms with Gasteiger partial charge < -0.3 is 20.8 Å². The van der Waals surface area contributed by atoms with Gasteiger partial charge in [-0.25, -0.2) is 20.8 Å². The summed E-state index contributed by atoms with van der Waals surface area (Å²) in [6, 6.07) is 13.9. The molecule has 3 aromatic rings. The number of amidine groups is 1. The zero-order valence-corrected chi connectivity index (χ0v) is 18.5. The van der Waals surface area contributed by atoms with Crippen LogP contribution in [0.4, 0.5) is 34.1 Å². The van der Waals surface area contributed by atoms with Gasteiger partial charge in [0.15, 0.2) is 28.4 Å². The van der Waals surface area contributed by atoms with Crippen molar-refractivity contribution in [2.75, 3.05) is 5.43 Å². The number of rotatable bonds is 9. The minimum atomic E-state index is -1.49. The molecule has 0 saturated carbocycles. The van der Waals surface area contributed by atoms with Crippen LogP contribution in [-0.4, -0.2) is 32.4 Å². The van der Waals surface area contributed by atoms with Crippen molar-refractivity contribution in [3.05, 3.63) is 93.1 Å². The average molecular weight is 516 g/mol. The Hall–Kier alpha value is -4.08. The molecule has 17 nitrogen and oxygen atoms in total. The summed E-state index contributed by atoms with van der Waals surface area (Å²) in [6.45, 7) is 0. The Morgan fingerprint density at radius 1 is 0.730 bits per heavy atom. The molecule has 4 unspecified atom stereocenters. The monoisotopic (exact) mass is 516 g/mol. The smallest absolute Gasteiger partial charge is 0.241 e. The molecule has 0 amide bonds. The van der Waals surface area contributed by atoms with Crippen LogP contribution in [0.5, 0.6) is 0 Å². The second-order valence-electron chi connectivity index (χ2n) is 7.16. The first-order chi connectivity index (χ1) is 17.6. The van der Waals surface area contributed by atoms with E-state index in [1.165, 1.54) is 12.1 Å². The Kier molecular flexibility index (Phi) is 9.10. The summed E-state index contributed by atoms with van der Waals surface area (Å²) in [5.74, 6) is -1.38. The third-order valence-corrected chi connectivity index (χ3v) is 4.74. The summed E-state index contributed by atoms with van der Waals surface area (Å²) in [4.78, 5) is 13.0. The highest BCUT2D eigenvalue weighted by Crippen LogP contribution is 2.25. The van der Waals surface area contributed by atoms with Gasteiger partial charge in [0.25, 0.3) is 0 Å². The first-order valence-corrected chi connectivity index (χ1v) is 10.1. The minimum Gasteiger partial charge on any atom is -0.595 e. The second kappa shape index (κ2) is 12.2. The lowest BCUT2D eigenvalue weighted by atomic mass is 10.1. The molecule has 0 fully saturated rings. The number of nitrogens with one attached hydrogen (secondary N) is 5. The van der Waals surface area contributed by atoms with Crippen molar-refractivity contribution in [2.45, 2.75) is 0 Å². The first kappa shape index (κ1) is 27.5. The fourth-order valence-electron chi connectivity index (χ4n) is 2.93. The predicted molar refractivity (Wildman–Crippen MR) is 122 cm³/mol. The number of benzene rings is 3. The molecular weight excluding hydrogens is 496 g/mol. The molecule has 0 aliphatic heterocycles. The van der Waals surface area contributed by atoms with E-state index in [2.05, 4.69) is 20.8 Å². The Bertz CT molecular complexity index is 1300. The number of quaternary nitrogens is 4. The molecular formula is C20H20N8O9.